The van der Waals surface area contributed by atoms with Crippen molar-refractivity contribution in [2.45, 2.75) is 0 Å². The van der Waals surface area contributed by atoms with Gasteiger partial charge in [-0.1, -0.05) is 109 Å². The lowest BCUT2D eigenvalue weighted by Crippen LogP contribution is -2.09. The second-order valence-electron chi connectivity index (χ2n) is 10.6. The highest BCUT2D eigenvalue weighted by Gasteiger charge is 2.15. The largest absolute Gasteiger partial charge is 0.310 e. The molecule has 1 aromatic heterocycles. The van der Waals surface area contributed by atoms with Crippen LogP contribution in [0.1, 0.15) is 0 Å². The van der Waals surface area contributed by atoms with Gasteiger partial charge in [0.05, 0.1) is 0 Å². The van der Waals surface area contributed by atoms with Gasteiger partial charge in [-0.2, -0.15) is 0 Å². The predicted octanol–water partition coefficient (Wildman–Crippen LogP) is 12.0. The lowest BCUT2D eigenvalue weighted by molar-refractivity contribution is 1.29. The number of hydrogen-bond donors (Lipinski definition) is 0. The summed E-state index contributed by atoms with van der Waals surface area (Å²) in [6.45, 7) is 0. The second kappa shape index (κ2) is 10.3. The molecule has 0 unspecified atom stereocenters. The molecule has 42 heavy (non-hydrogen) atoms. The summed E-state index contributed by atoms with van der Waals surface area (Å²) in [4.78, 5) is 2.35. The van der Waals surface area contributed by atoms with Crippen LogP contribution < -0.4 is 4.90 Å². The van der Waals surface area contributed by atoms with Gasteiger partial charge < -0.3 is 4.90 Å². The minimum atomic E-state index is 1.14. The van der Waals surface area contributed by atoms with Crippen molar-refractivity contribution in [2.75, 3.05) is 4.90 Å². The van der Waals surface area contributed by atoms with Gasteiger partial charge in [-0.05, 0) is 87.6 Å². The molecule has 0 aliphatic carbocycles. The lowest BCUT2D eigenvalue weighted by atomic mass is 9.97. The van der Waals surface area contributed by atoms with E-state index in [1.54, 1.807) is 0 Å². The van der Waals surface area contributed by atoms with Gasteiger partial charge in [0.15, 0.2) is 0 Å². The van der Waals surface area contributed by atoms with Gasteiger partial charge in [0, 0.05) is 37.2 Å². The molecular weight excluding hydrogens is 527 g/mol. The summed E-state index contributed by atoms with van der Waals surface area (Å²) in [5, 5.41) is 5.17. The van der Waals surface area contributed by atoms with Gasteiger partial charge in [-0.25, -0.2) is 0 Å². The van der Waals surface area contributed by atoms with E-state index in [1.807, 2.05) is 11.3 Å². The number of hydrogen-bond acceptors (Lipinski definition) is 2. The second-order valence-corrected chi connectivity index (χ2v) is 11.7. The molecule has 0 bridgehead atoms. The van der Waals surface area contributed by atoms with E-state index in [1.165, 1.54) is 53.2 Å². The Bertz CT molecular complexity index is 2190. The lowest BCUT2D eigenvalue weighted by Gasteiger charge is -2.25. The molecule has 8 aromatic rings. The predicted molar refractivity (Wildman–Crippen MR) is 182 cm³/mol. The van der Waals surface area contributed by atoms with E-state index in [9.17, 15) is 0 Å². The molecular formula is C40H27NS. The van der Waals surface area contributed by atoms with Gasteiger partial charge >= 0.3 is 0 Å². The van der Waals surface area contributed by atoms with Crippen molar-refractivity contribution in [1.82, 2.24) is 0 Å². The fourth-order valence-electron chi connectivity index (χ4n) is 5.93. The highest BCUT2D eigenvalue weighted by molar-refractivity contribution is 7.25. The first-order chi connectivity index (χ1) is 20.8. The van der Waals surface area contributed by atoms with Gasteiger partial charge in [0.25, 0.3) is 0 Å². The fourth-order valence-corrected chi connectivity index (χ4v) is 7.07. The first-order valence-electron chi connectivity index (χ1n) is 14.3. The third-order valence-electron chi connectivity index (χ3n) is 8.04. The summed E-state index contributed by atoms with van der Waals surface area (Å²) in [5.74, 6) is 0. The van der Waals surface area contributed by atoms with Crippen molar-refractivity contribution < 1.29 is 0 Å². The smallest absolute Gasteiger partial charge is 0.0476 e. The number of benzene rings is 7. The van der Waals surface area contributed by atoms with Crippen molar-refractivity contribution in [1.29, 1.82) is 0 Å². The molecule has 0 spiro atoms. The third-order valence-corrected chi connectivity index (χ3v) is 9.17. The summed E-state index contributed by atoms with van der Waals surface area (Å²) in [6.07, 6.45) is 0. The van der Waals surface area contributed by atoms with E-state index < -0.39 is 0 Å². The summed E-state index contributed by atoms with van der Waals surface area (Å²) in [5.41, 5.74) is 8.31. The Labute approximate surface area is 249 Å². The number of thiophene rings is 1. The zero-order valence-corrected chi connectivity index (χ0v) is 23.8. The Morgan fingerprint density at radius 3 is 1.81 bits per heavy atom. The average Bonchev–Trinajstić information content (AvgIpc) is 3.43. The van der Waals surface area contributed by atoms with Crippen molar-refractivity contribution in [3.05, 3.63) is 164 Å². The Balaban J connectivity index is 1.17. The molecule has 0 radical (unpaired) electrons. The maximum absolute atomic E-state index is 2.35. The van der Waals surface area contributed by atoms with E-state index in [2.05, 4.69) is 169 Å². The molecule has 198 valence electrons. The highest BCUT2D eigenvalue weighted by atomic mass is 32.1. The molecule has 8 rings (SSSR count). The highest BCUT2D eigenvalue weighted by Crippen LogP contribution is 2.41. The van der Waals surface area contributed by atoms with Crippen LogP contribution in [0, 0.1) is 0 Å². The summed E-state index contributed by atoms with van der Waals surface area (Å²) in [6, 6.07) is 59.2. The topological polar surface area (TPSA) is 3.24 Å². The quantitative estimate of drug-likeness (QED) is 0.205. The first-order valence-corrected chi connectivity index (χ1v) is 15.1. The van der Waals surface area contributed by atoms with Gasteiger partial charge in [0.2, 0.25) is 0 Å². The van der Waals surface area contributed by atoms with Crippen LogP contribution >= 0.6 is 11.3 Å². The molecule has 2 heteroatoms. The van der Waals surface area contributed by atoms with Crippen LogP contribution in [0.4, 0.5) is 17.1 Å². The Hall–Kier alpha value is -5.18. The monoisotopic (exact) mass is 553 g/mol. The molecule has 1 nitrogen and oxygen atoms in total. The van der Waals surface area contributed by atoms with Gasteiger partial charge in [-0.15, -0.1) is 11.3 Å². The molecule has 0 saturated heterocycles. The molecule has 0 saturated carbocycles. The molecule has 0 aliphatic heterocycles. The average molecular weight is 554 g/mol. The number of anilines is 3. The van der Waals surface area contributed by atoms with Gasteiger partial charge in [0.1, 0.15) is 0 Å². The zero-order valence-electron chi connectivity index (χ0n) is 22.9. The van der Waals surface area contributed by atoms with Crippen molar-refractivity contribution >= 4 is 59.3 Å². The van der Waals surface area contributed by atoms with Crippen molar-refractivity contribution in [2.24, 2.45) is 0 Å². The maximum Gasteiger partial charge on any atom is 0.0476 e. The summed E-state index contributed by atoms with van der Waals surface area (Å²) in [7, 11) is 0. The third kappa shape index (κ3) is 4.43. The molecule has 0 N–H and O–H groups in total. The van der Waals surface area contributed by atoms with Crippen LogP contribution in [-0.4, -0.2) is 0 Å². The standard InChI is InChI=1S/C40H27NS/c1-2-13-34(14-3-1)41(36-23-24-38-37-15-6-7-16-39(37)42-40(38)27-36)35-21-19-29(20-22-35)31-11-8-12-32(25-31)33-18-17-28-9-4-5-10-30(28)26-33/h1-27H. The van der Waals surface area contributed by atoms with E-state index in [-0.39, 0.29) is 0 Å². The van der Waals surface area contributed by atoms with E-state index in [4.69, 9.17) is 0 Å². The van der Waals surface area contributed by atoms with Crippen molar-refractivity contribution in [3.8, 4) is 22.3 Å². The van der Waals surface area contributed by atoms with E-state index in [0.717, 1.165) is 17.1 Å². The van der Waals surface area contributed by atoms with Crippen molar-refractivity contribution in [3.63, 3.8) is 0 Å². The Kier molecular flexibility index (Phi) is 6.05. The van der Waals surface area contributed by atoms with Crippen LogP contribution in [0.2, 0.25) is 0 Å². The molecule has 0 fully saturated rings. The minimum Gasteiger partial charge on any atom is -0.310 e. The Morgan fingerprint density at radius 1 is 0.333 bits per heavy atom. The minimum absolute atomic E-state index is 1.14. The van der Waals surface area contributed by atoms with Crippen LogP contribution in [-0.2, 0) is 0 Å². The summed E-state index contributed by atoms with van der Waals surface area (Å²) < 4.78 is 2.63. The molecule has 0 aliphatic rings. The zero-order chi connectivity index (χ0) is 27.9. The van der Waals surface area contributed by atoms with E-state index >= 15 is 0 Å². The normalized spacial score (nSPS) is 11.3. The van der Waals surface area contributed by atoms with E-state index in [0.29, 0.717) is 0 Å². The first kappa shape index (κ1) is 24.6. The maximum atomic E-state index is 2.35. The molecule has 0 amide bonds. The number of nitrogens with zero attached hydrogens (tertiary/aromatic N) is 1. The fraction of sp³-hybridized carbons (Fsp3) is 0. The van der Waals surface area contributed by atoms with Crippen LogP contribution in [0.25, 0.3) is 53.2 Å². The molecule has 7 aromatic carbocycles. The number of para-hydroxylation sites is 1. The SMILES string of the molecule is c1ccc(N(c2ccc(-c3cccc(-c4ccc5ccccc5c4)c3)cc2)c2ccc3c(c2)sc2ccccc23)cc1. The number of fused-ring (bicyclic) bond motifs is 4. The van der Waals surface area contributed by atoms with Crippen LogP contribution in [0.3, 0.4) is 0 Å². The van der Waals surface area contributed by atoms with Crippen LogP contribution in [0.15, 0.2) is 164 Å². The number of rotatable bonds is 5. The molecule has 0 atom stereocenters. The molecule has 1 heterocycles. The van der Waals surface area contributed by atoms with Crippen LogP contribution in [0.5, 0.6) is 0 Å². The Morgan fingerprint density at radius 2 is 0.952 bits per heavy atom. The van der Waals surface area contributed by atoms with Gasteiger partial charge in [-0.3, -0.25) is 0 Å². The summed E-state index contributed by atoms with van der Waals surface area (Å²) >= 11 is 1.86.